The molecule has 2 N–H and O–H groups in total. The van der Waals surface area contributed by atoms with E-state index in [9.17, 15) is 9.59 Å². The molecule has 1 aromatic carbocycles. The molecule has 0 spiro atoms. The smallest absolute Gasteiger partial charge is 0.411 e. The van der Waals surface area contributed by atoms with E-state index in [-0.39, 0.29) is 11.9 Å². The van der Waals surface area contributed by atoms with Gasteiger partial charge in [-0.05, 0) is 50.6 Å². The first kappa shape index (κ1) is 17.3. The Morgan fingerprint density at radius 1 is 1.35 bits per heavy atom. The van der Waals surface area contributed by atoms with Crippen molar-refractivity contribution in [1.29, 1.82) is 0 Å². The van der Waals surface area contributed by atoms with Crippen LogP contribution in [-0.2, 0) is 4.74 Å². The number of benzene rings is 1. The molecular formula is C17H25N3O3. The molecule has 1 aliphatic rings. The average molecular weight is 319 g/mol. The lowest BCUT2D eigenvalue weighted by Crippen LogP contribution is -2.46. The number of carbonyl (C=O) groups is 2. The second-order valence-electron chi connectivity index (χ2n) is 5.68. The fourth-order valence-corrected chi connectivity index (χ4v) is 2.87. The summed E-state index contributed by atoms with van der Waals surface area (Å²) in [5, 5.41) is 5.92. The maximum Gasteiger partial charge on any atom is 0.411 e. The number of nitrogens with zero attached hydrogens (tertiary/aromatic N) is 1. The normalized spacial score (nSPS) is 15.0. The van der Waals surface area contributed by atoms with Crippen LogP contribution in [0.25, 0.3) is 0 Å². The van der Waals surface area contributed by atoms with Gasteiger partial charge < -0.3 is 15.0 Å². The Bertz CT molecular complexity index is 542. The number of anilines is 1. The van der Waals surface area contributed by atoms with Gasteiger partial charge in [0.25, 0.3) is 5.91 Å². The van der Waals surface area contributed by atoms with Crippen molar-refractivity contribution in [2.45, 2.75) is 32.2 Å². The lowest BCUT2D eigenvalue weighted by Gasteiger charge is -2.34. The minimum Gasteiger partial charge on any atom is -0.453 e. The Hall–Kier alpha value is -2.08. The first-order valence-electron chi connectivity index (χ1n) is 8.12. The lowest BCUT2D eigenvalue weighted by molar-refractivity contribution is 0.0642. The van der Waals surface area contributed by atoms with E-state index in [4.69, 9.17) is 0 Å². The molecule has 0 aliphatic carbocycles. The zero-order valence-electron chi connectivity index (χ0n) is 13.8. The predicted octanol–water partition coefficient (Wildman–Crippen LogP) is 2.47. The molecule has 6 nitrogen and oxygen atoms in total. The van der Waals surface area contributed by atoms with Gasteiger partial charge in [0.15, 0.2) is 0 Å². The number of carbonyl (C=O) groups excluding carboxylic acids is 2. The van der Waals surface area contributed by atoms with Crippen molar-refractivity contribution in [1.82, 2.24) is 10.2 Å². The number of nitrogens with one attached hydrogen (secondary N) is 2. The standard InChI is InChI=1S/C17H25N3O3/c1-3-11-20(15-7-9-18-10-8-15)16(21)13-5-4-6-14(12-13)19-17(22)23-2/h4-6,12,15,18H,3,7-11H2,1-2H3,(H,19,22). The number of amides is 2. The van der Waals surface area contributed by atoms with Gasteiger partial charge in [0.1, 0.15) is 0 Å². The molecule has 1 fully saturated rings. The van der Waals surface area contributed by atoms with Crippen LogP contribution in [0.1, 0.15) is 36.5 Å². The predicted molar refractivity (Wildman–Crippen MR) is 89.7 cm³/mol. The summed E-state index contributed by atoms with van der Waals surface area (Å²) in [5.41, 5.74) is 1.15. The second kappa shape index (κ2) is 8.53. The highest BCUT2D eigenvalue weighted by Crippen LogP contribution is 2.18. The minimum atomic E-state index is -0.543. The fourth-order valence-electron chi connectivity index (χ4n) is 2.87. The zero-order chi connectivity index (χ0) is 16.7. The van der Waals surface area contributed by atoms with E-state index >= 15 is 0 Å². The van der Waals surface area contributed by atoms with Crippen molar-refractivity contribution in [3.8, 4) is 0 Å². The topological polar surface area (TPSA) is 70.7 Å². The molecule has 0 radical (unpaired) electrons. The lowest BCUT2D eigenvalue weighted by atomic mass is 10.0. The molecule has 0 saturated carbocycles. The van der Waals surface area contributed by atoms with Crippen molar-refractivity contribution in [2.24, 2.45) is 0 Å². The minimum absolute atomic E-state index is 0.0206. The third kappa shape index (κ3) is 4.69. The van der Waals surface area contributed by atoms with Gasteiger partial charge in [0.2, 0.25) is 0 Å². The first-order chi connectivity index (χ1) is 11.2. The number of piperidine rings is 1. The van der Waals surface area contributed by atoms with Crippen LogP contribution in [0.4, 0.5) is 10.5 Å². The van der Waals surface area contributed by atoms with Crippen molar-refractivity contribution < 1.29 is 14.3 Å². The summed E-state index contributed by atoms with van der Waals surface area (Å²) in [6.07, 6.45) is 2.34. The Morgan fingerprint density at radius 3 is 2.74 bits per heavy atom. The Balaban J connectivity index is 2.15. The van der Waals surface area contributed by atoms with Gasteiger partial charge in [-0.15, -0.1) is 0 Å². The molecule has 0 unspecified atom stereocenters. The molecule has 23 heavy (non-hydrogen) atoms. The van der Waals surface area contributed by atoms with Crippen LogP contribution >= 0.6 is 0 Å². The maximum absolute atomic E-state index is 12.9. The van der Waals surface area contributed by atoms with Crippen LogP contribution in [0.3, 0.4) is 0 Å². The molecule has 1 heterocycles. The van der Waals surface area contributed by atoms with Crippen LogP contribution in [0.2, 0.25) is 0 Å². The summed E-state index contributed by atoms with van der Waals surface area (Å²) in [4.78, 5) is 26.2. The van der Waals surface area contributed by atoms with E-state index < -0.39 is 6.09 Å². The summed E-state index contributed by atoms with van der Waals surface area (Å²) in [5.74, 6) is 0.0206. The van der Waals surface area contributed by atoms with E-state index in [1.54, 1.807) is 24.3 Å². The van der Waals surface area contributed by atoms with Crippen molar-refractivity contribution in [3.63, 3.8) is 0 Å². The summed E-state index contributed by atoms with van der Waals surface area (Å²) in [6.45, 7) is 4.72. The Morgan fingerprint density at radius 2 is 2.09 bits per heavy atom. The monoisotopic (exact) mass is 319 g/mol. The van der Waals surface area contributed by atoms with Crippen molar-refractivity contribution in [2.75, 3.05) is 32.1 Å². The van der Waals surface area contributed by atoms with Crippen LogP contribution in [0.5, 0.6) is 0 Å². The van der Waals surface area contributed by atoms with Gasteiger partial charge in [0.05, 0.1) is 7.11 Å². The number of hydrogen-bond acceptors (Lipinski definition) is 4. The molecule has 1 aliphatic heterocycles. The van der Waals surface area contributed by atoms with Crippen LogP contribution in [-0.4, -0.2) is 49.7 Å². The highest BCUT2D eigenvalue weighted by Gasteiger charge is 2.25. The SMILES string of the molecule is CCCN(C(=O)c1cccc(NC(=O)OC)c1)C1CCNCC1. The molecule has 2 rings (SSSR count). The van der Waals surface area contributed by atoms with Crippen LogP contribution in [0.15, 0.2) is 24.3 Å². The van der Waals surface area contributed by atoms with E-state index in [2.05, 4.69) is 22.3 Å². The van der Waals surface area contributed by atoms with E-state index in [0.29, 0.717) is 11.3 Å². The second-order valence-corrected chi connectivity index (χ2v) is 5.68. The third-order valence-corrected chi connectivity index (χ3v) is 4.02. The summed E-state index contributed by atoms with van der Waals surface area (Å²) >= 11 is 0. The van der Waals surface area contributed by atoms with Gasteiger partial charge in [-0.1, -0.05) is 13.0 Å². The number of ether oxygens (including phenoxy) is 1. The molecule has 0 atom stereocenters. The fraction of sp³-hybridized carbons (Fsp3) is 0.529. The van der Waals surface area contributed by atoms with Gasteiger partial charge >= 0.3 is 6.09 Å². The van der Waals surface area contributed by atoms with Gasteiger partial charge in [-0.2, -0.15) is 0 Å². The highest BCUT2D eigenvalue weighted by atomic mass is 16.5. The van der Waals surface area contributed by atoms with E-state index in [1.165, 1.54) is 7.11 Å². The number of methoxy groups -OCH3 is 1. The summed E-state index contributed by atoms with van der Waals surface area (Å²) in [7, 11) is 1.31. The Kier molecular flexibility index (Phi) is 6.40. The molecular weight excluding hydrogens is 294 g/mol. The summed E-state index contributed by atoms with van der Waals surface area (Å²) in [6, 6.07) is 7.27. The molecule has 6 heteroatoms. The maximum atomic E-state index is 12.9. The van der Waals surface area contributed by atoms with Crippen LogP contribution in [0, 0.1) is 0 Å². The molecule has 0 aromatic heterocycles. The molecule has 2 amide bonds. The highest BCUT2D eigenvalue weighted by molar-refractivity contribution is 5.96. The van der Waals surface area contributed by atoms with E-state index in [0.717, 1.165) is 38.9 Å². The summed E-state index contributed by atoms with van der Waals surface area (Å²) < 4.78 is 4.58. The zero-order valence-corrected chi connectivity index (χ0v) is 13.8. The average Bonchev–Trinajstić information content (AvgIpc) is 2.60. The van der Waals surface area contributed by atoms with Gasteiger partial charge in [-0.25, -0.2) is 4.79 Å². The van der Waals surface area contributed by atoms with Gasteiger partial charge in [-0.3, -0.25) is 10.1 Å². The van der Waals surface area contributed by atoms with Crippen molar-refractivity contribution in [3.05, 3.63) is 29.8 Å². The number of rotatable bonds is 5. The third-order valence-electron chi connectivity index (χ3n) is 4.02. The van der Waals surface area contributed by atoms with E-state index in [1.807, 2.05) is 4.90 Å². The molecule has 126 valence electrons. The largest absolute Gasteiger partial charge is 0.453 e. The molecule has 0 bridgehead atoms. The van der Waals surface area contributed by atoms with Crippen molar-refractivity contribution >= 4 is 17.7 Å². The van der Waals surface area contributed by atoms with Crippen LogP contribution < -0.4 is 10.6 Å². The quantitative estimate of drug-likeness (QED) is 0.874. The molecule has 1 aromatic rings. The number of hydrogen-bond donors (Lipinski definition) is 2. The molecule has 1 saturated heterocycles. The first-order valence-corrected chi connectivity index (χ1v) is 8.12. The Labute approximate surface area is 137 Å². The van der Waals surface area contributed by atoms with Gasteiger partial charge in [0, 0.05) is 23.8 Å².